The van der Waals surface area contributed by atoms with Crippen LogP contribution in [0.15, 0.2) is 125 Å². The minimum Gasteiger partial charge on any atom is -0.489 e. The van der Waals surface area contributed by atoms with Crippen molar-refractivity contribution >= 4 is 46.3 Å². The molecule has 0 bridgehead atoms. The minimum absolute atomic E-state index is 0.256. The number of ether oxygens (including phenoxy) is 1. The lowest BCUT2D eigenvalue weighted by molar-refractivity contribution is 0.0955. The van der Waals surface area contributed by atoms with Crippen molar-refractivity contribution in [1.29, 1.82) is 0 Å². The third kappa shape index (κ3) is 6.82. The molecule has 5 aromatic rings. The van der Waals surface area contributed by atoms with Gasteiger partial charge in [-0.15, -0.1) is 11.8 Å². The molecule has 0 heterocycles. The fourth-order valence-corrected chi connectivity index (χ4v) is 4.89. The van der Waals surface area contributed by atoms with Gasteiger partial charge in [-0.2, -0.15) is 5.10 Å². The van der Waals surface area contributed by atoms with Crippen LogP contribution in [0.5, 0.6) is 5.75 Å². The van der Waals surface area contributed by atoms with Gasteiger partial charge < -0.3 is 4.74 Å². The molecule has 0 saturated heterocycles. The van der Waals surface area contributed by atoms with E-state index in [4.69, 9.17) is 16.3 Å². The Kier molecular flexibility index (Phi) is 8.39. The number of amides is 1. The fraction of sp³-hybridized carbons (Fsp3) is 0.0625. The van der Waals surface area contributed by atoms with Crippen LogP contribution in [0.1, 0.15) is 27.0 Å². The first-order valence-electron chi connectivity index (χ1n) is 12.1. The van der Waals surface area contributed by atoms with Gasteiger partial charge in [0.15, 0.2) is 0 Å². The van der Waals surface area contributed by atoms with Crippen molar-refractivity contribution in [3.8, 4) is 5.75 Å². The number of fused-ring (bicyclic) bond motifs is 1. The van der Waals surface area contributed by atoms with Gasteiger partial charge in [0.2, 0.25) is 0 Å². The summed E-state index contributed by atoms with van der Waals surface area (Å²) in [6.45, 7) is 0.490. The van der Waals surface area contributed by atoms with Gasteiger partial charge in [-0.3, -0.25) is 4.79 Å². The first-order valence-corrected chi connectivity index (χ1v) is 13.5. The summed E-state index contributed by atoms with van der Waals surface area (Å²) in [6.07, 6.45) is 1.61. The molecule has 4 nitrogen and oxygen atoms in total. The molecule has 188 valence electrons. The van der Waals surface area contributed by atoms with E-state index in [-0.39, 0.29) is 5.91 Å². The van der Waals surface area contributed by atoms with Gasteiger partial charge in [-0.1, -0.05) is 66.2 Å². The van der Waals surface area contributed by atoms with E-state index in [0.29, 0.717) is 12.2 Å². The van der Waals surface area contributed by atoms with E-state index < -0.39 is 0 Å². The van der Waals surface area contributed by atoms with Crippen LogP contribution in [0, 0.1) is 0 Å². The molecule has 0 atom stereocenters. The highest BCUT2D eigenvalue weighted by Gasteiger charge is 2.05. The largest absolute Gasteiger partial charge is 0.489 e. The van der Waals surface area contributed by atoms with Crippen LogP contribution in [0.3, 0.4) is 0 Å². The average molecular weight is 537 g/mol. The van der Waals surface area contributed by atoms with Gasteiger partial charge in [0.1, 0.15) is 12.4 Å². The zero-order valence-corrected chi connectivity index (χ0v) is 22.1. The Labute approximate surface area is 231 Å². The molecule has 0 aliphatic rings. The van der Waals surface area contributed by atoms with Crippen LogP contribution in [0.25, 0.3) is 10.8 Å². The summed E-state index contributed by atoms with van der Waals surface area (Å²) in [6, 6.07) is 37.4. The van der Waals surface area contributed by atoms with Crippen molar-refractivity contribution in [3.63, 3.8) is 0 Å². The molecule has 6 heteroatoms. The molecule has 1 amide bonds. The predicted molar refractivity (Wildman–Crippen MR) is 157 cm³/mol. The molecule has 0 unspecified atom stereocenters. The lowest BCUT2D eigenvalue weighted by Crippen LogP contribution is -2.17. The minimum atomic E-state index is -0.256. The SMILES string of the molecule is O=C(N/N=C/c1ccc(OCc2cccc3ccccc23)cc1)c1ccc(CSc2ccc(Cl)cc2)cc1. The Morgan fingerprint density at radius 1 is 0.842 bits per heavy atom. The molecule has 1 N–H and O–H groups in total. The fourth-order valence-electron chi connectivity index (χ4n) is 3.91. The molecule has 38 heavy (non-hydrogen) atoms. The Hall–Kier alpha value is -4.06. The third-order valence-electron chi connectivity index (χ3n) is 5.97. The first kappa shape index (κ1) is 25.6. The van der Waals surface area contributed by atoms with Crippen molar-refractivity contribution in [2.45, 2.75) is 17.3 Å². The number of rotatable bonds is 9. The van der Waals surface area contributed by atoms with Gasteiger partial charge in [-0.05, 0) is 88.1 Å². The van der Waals surface area contributed by atoms with Crippen molar-refractivity contribution in [3.05, 3.63) is 143 Å². The van der Waals surface area contributed by atoms with Crippen LogP contribution in [0.2, 0.25) is 5.02 Å². The van der Waals surface area contributed by atoms with Gasteiger partial charge in [-0.25, -0.2) is 5.43 Å². The second kappa shape index (κ2) is 12.5. The van der Waals surface area contributed by atoms with E-state index in [1.54, 1.807) is 18.0 Å². The van der Waals surface area contributed by atoms with Gasteiger partial charge in [0.25, 0.3) is 5.91 Å². The normalized spacial score (nSPS) is 11.1. The molecule has 0 aliphatic heterocycles. The number of carbonyl (C=O) groups is 1. The lowest BCUT2D eigenvalue weighted by Gasteiger charge is -2.09. The van der Waals surface area contributed by atoms with Crippen molar-refractivity contribution in [2.24, 2.45) is 5.10 Å². The number of nitrogens with zero attached hydrogens (tertiary/aromatic N) is 1. The second-order valence-corrected chi connectivity index (χ2v) is 10.1. The Balaban J connectivity index is 1.10. The highest BCUT2D eigenvalue weighted by molar-refractivity contribution is 7.98. The van der Waals surface area contributed by atoms with Crippen LogP contribution >= 0.6 is 23.4 Å². The van der Waals surface area contributed by atoms with E-state index in [0.717, 1.165) is 38.1 Å². The van der Waals surface area contributed by atoms with Crippen molar-refractivity contribution < 1.29 is 9.53 Å². The summed E-state index contributed by atoms with van der Waals surface area (Å²) in [7, 11) is 0. The summed E-state index contributed by atoms with van der Waals surface area (Å²) >= 11 is 7.66. The maximum absolute atomic E-state index is 12.5. The first-order chi connectivity index (χ1) is 18.6. The summed E-state index contributed by atoms with van der Waals surface area (Å²) in [5.41, 5.74) is 6.28. The summed E-state index contributed by atoms with van der Waals surface area (Å²) < 4.78 is 5.99. The van der Waals surface area contributed by atoms with E-state index in [1.165, 1.54) is 10.8 Å². The van der Waals surface area contributed by atoms with E-state index in [1.807, 2.05) is 91.0 Å². The van der Waals surface area contributed by atoms with Crippen molar-refractivity contribution in [1.82, 2.24) is 5.43 Å². The molecule has 0 aromatic heterocycles. The van der Waals surface area contributed by atoms with E-state index in [9.17, 15) is 4.79 Å². The Morgan fingerprint density at radius 3 is 2.37 bits per heavy atom. The van der Waals surface area contributed by atoms with Crippen LogP contribution in [-0.4, -0.2) is 12.1 Å². The van der Waals surface area contributed by atoms with Gasteiger partial charge >= 0.3 is 0 Å². The molecular weight excluding hydrogens is 512 g/mol. The van der Waals surface area contributed by atoms with Gasteiger partial charge in [0, 0.05) is 21.2 Å². The number of hydrogen-bond acceptors (Lipinski definition) is 4. The molecular formula is C32H25ClN2O2S. The smallest absolute Gasteiger partial charge is 0.271 e. The monoisotopic (exact) mass is 536 g/mol. The van der Waals surface area contributed by atoms with Crippen LogP contribution in [-0.2, 0) is 12.4 Å². The van der Waals surface area contributed by atoms with Crippen molar-refractivity contribution in [2.75, 3.05) is 0 Å². The molecule has 0 fully saturated rings. The maximum atomic E-state index is 12.5. The third-order valence-corrected chi connectivity index (χ3v) is 7.30. The standard InChI is InChI=1S/C32H25ClN2O2S/c33-28-14-18-30(19-15-28)38-22-24-8-12-26(13-9-24)32(36)35-34-20-23-10-16-29(17-11-23)37-21-27-6-3-5-25-4-1-2-7-31(25)27/h1-20H,21-22H2,(H,35,36)/b34-20+. The number of hydrogen-bond donors (Lipinski definition) is 1. The average Bonchev–Trinajstić information content (AvgIpc) is 2.96. The highest BCUT2D eigenvalue weighted by atomic mass is 35.5. The Bertz CT molecular complexity index is 1540. The Morgan fingerprint density at radius 2 is 1.58 bits per heavy atom. The van der Waals surface area contributed by atoms with E-state index in [2.05, 4.69) is 34.8 Å². The van der Waals surface area contributed by atoms with E-state index >= 15 is 0 Å². The summed E-state index contributed by atoms with van der Waals surface area (Å²) in [4.78, 5) is 13.6. The molecule has 5 rings (SSSR count). The number of hydrazone groups is 1. The quantitative estimate of drug-likeness (QED) is 0.117. The molecule has 0 aliphatic carbocycles. The van der Waals surface area contributed by atoms with Crippen LogP contribution < -0.4 is 10.2 Å². The number of thioether (sulfide) groups is 1. The molecule has 0 radical (unpaired) electrons. The predicted octanol–water partition coefficient (Wildman–Crippen LogP) is 8.13. The zero-order chi connectivity index (χ0) is 26.2. The zero-order valence-electron chi connectivity index (χ0n) is 20.5. The molecule has 5 aromatic carbocycles. The van der Waals surface area contributed by atoms with Crippen LogP contribution in [0.4, 0.5) is 0 Å². The summed E-state index contributed by atoms with van der Waals surface area (Å²) in [5.74, 6) is 1.32. The number of nitrogens with one attached hydrogen (secondary N) is 1. The maximum Gasteiger partial charge on any atom is 0.271 e. The number of benzene rings is 5. The van der Waals surface area contributed by atoms with Gasteiger partial charge in [0.05, 0.1) is 6.21 Å². The highest BCUT2D eigenvalue weighted by Crippen LogP contribution is 2.24. The summed E-state index contributed by atoms with van der Waals surface area (Å²) in [5, 5.41) is 7.22. The lowest BCUT2D eigenvalue weighted by atomic mass is 10.1. The molecule has 0 spiro atoms. The second-order valence-electron chi connectivity index (χ2n) is 8.63. The number of carbonyl (C=O) groups excluding carboxylic acids is 1. The topological polar surface area (TPSA) is 50.7 Å². The molecule has 0 saturated carbocycles. The number of halogens is 1.